The summed E-state index contributed by atoms with van der Waals surface area (Å²) in [5.41, 5.74) is 4.77. The van der Waals surface area contributed by atoms with Crippen LogP contribution in [-0.4, -0.2) is 30.9 Å². The predicted octanol–water partition coefficient (Wildman–Crippen LogP) is 5.44. The van der Waals surface area contributed by atoms with Gasteiger partial charge >= 0.3 is 0 Å². The number of rotatable bonds is 9. The highest BCUT2D eigenvalue weighted by atomic mass is 16.2. The molecule has 146 valence electrons. The van der Waals surface area contributed by atoms with Crippen molar-refractivity contribution in [1.82, 2.24) is 4.90 Å². The van der Waals surface area contributed by atoms with Gasteiger partial charge in [-0.3, -0.25) is 9.69 Å². The van der Waals surface area contributed by atoms with Crippen LogP contribution in [0.15, 0.2) is 48.5 Å². The lowest BCUT2D eigenvalue weighted by molar-refractivity contribution is -0.117. The second-order valence-electron chi connectivity index (χ2n) is 8.00. The Morgan fingerprint density at radius 2 is 1.52 bits per heavy atom. The minimum absolute atomic E-state index is 0.0622. The van der Waals surface area contributed by atoms with Crippen LogP contribution in [0.3, 0.4) is 0 Å². The minimum Gasteiger partial charge on any atom is -0.324 e. The van der Waals surface area contributed by atoms with E-state index in [4.69, 9.17) is 0 Å². The highest BCUT2D eigenvalue weighted by Crippen LogP contribution is 2.32. The summed E-state index contributed by atoms with van der Waals surface area (Å²) in [5, 5.41) is 3.20. The number of benzene rings is 2. The molecule has 3 heteroatoms. The van der Waals surface area contributed by atoms with Crippen molar-refractivity contribution >= 4 is 11.6 Å². The Kier molecular flexibility index (Phi) is 8.05. The number of aryl methyl sites for hydroxylation is 1. The van der Waals surface area contributed by atoms with E-state index >= 15 is 0 Å². The predicted molar refractivity (Wildman–Crippen MR) is 116 cm³/mol. The van der Waals surface area contributed by atoms with Gasteiger partial charge < -0.3 is 5.32 Å². The molecule has 2 aromatic carbocycles. The Balaban J connectivity index is 1.93. The number of nitrogens with one attached hydrogen (secondary N) is 1. The fourth-order valence-electron chi connectivity index (χ4n) is 3.40. The van der Waals surface area contributed by atoms with Gasteiger partial charge in [0.25, 0.3) is 0 Å². The molecule has 2 rings (SSSR count). The van der Waals surface area contributed by atoms with Crippen molar-refractivity contribution in [2.24, 2.45) is 0 Å². The Bertz CT molecular complexity index is 696. The first-order valence-electron chi connectivity index (χ1n) is 10.0. The largest absolute Gasteiger partial charge is 0.324 e. The number of para-hydroxylation sites is 1. The quantitative estimate of drug-likeness (QED) is 0.641. The normalized spacial score (nSPS) is 11.4. The van der Waals surface area contributed by atoms with E-state index in [1.807, 2.05) is 13.1 Å². The summed E-state index contributed by atoms with van der Waals surface area (Å²) in [6, 6.07) is 16.8. The van der Waals surface area contributed by atoms with E-state index in [0.29, 0.717) is 18.4 Å². The lowest BCUT2D eigenvalue weighted by atomic mass is 9.92. The van der Waals surface area contributed by atoms with Gasteiger partial charge in [0.05, 0.1) is 6.54 Å². The maximum atomic E-state index is 12.7. The van der Waals surface area contributed by atoms with Gasteiger partial charge in [-0.25, -0.2) is 0 Å². The molecule has 0 bridgehead atoms. The lowest BCUT2D eigenvalue weighted by Crippen LogP contribution is -2.31. The first kappa shape index (κ1) is 21.2. The highest BCUT2D eigenvalue weighted by Gasteiger charge is 2.16. The molecule has 27 heavy (non-hydrogen) atoms. The Labute approximate surface area is 164 Å². The van der Waals surface area contributed by atoms with Crippen LogP contribution in [0.1, 0.15) is 62.6 Å². The van der Waals surface area contributed by atoms with Crippen LogP contribution < -0.4 is 5.32 Å². The molecule has 0 saturated carbocycles. The van der Waals surface area contributed by atoms with Crippen LogP contribution >= 0.6 is 0 Å². The topological polar surface area (TPSA) is 32.3 Å². The Morgan fingerprint density at radius 3 is 2.07 bits per heavy atom. The molecule has 0 spiro atoms. The number of amides is 1. The number of hydrogen-bond acceptors (Lipinski definition) is 2. The molecule has 0 aliphatic heterocycles. The van der Waals surface area contributed by atoms with Gasteiger partial charge in [0.1, 0.15) is 0 Å². The number of hydrogen-bond donors (Lipinski definition) is 1. The molecule has 1 amide bonds. The van der Waals surface area contributed by atoms with E-state index in [1.54, 1.807) is 0 Å². The average Bonchev–Trinajstić information content (AvgIpc) is 2.62. The van der Waals surface area contributed by atoms with Crippen molar-refractivity contribution in [2.75, 3.05) is 25.5 Å². The van der Waals surface area contributed by atoms with E-state index < -0.39 is 0 Å². The monoisotopic (exact) mass is 366 g/mol. The molecule has 0 fully saturated rings. The summed E-state index contributed by atoms with van der Waals surface area (Å²) in [4.78, 5) is 14.8. The molecule has 0 aromatic heterocycles. The van der Waals surface area contributed by atoms with Crippen LogP contribution in [0.4, 0.5) is 5.69 Å². The van der Waals surface area contributed by atoms with Crippen molar-refractivity contribution < 1.29 is 4.79 Å². The molecular formula is C24H34N2O. The summed E-state index contributed by atoms with van der Waals surface area (Å²) in [5.74, 6) is 0.817. The Hall–Kier alpha value is -2.13. The van der Waals surface area contributed by atoms with Crippen molar-refractivity contribution in [1.29, 1.82) is 0 Å². The Morgan fingerprint density at radius 1 is 0.926 bits per heavy atom. The molecule has 0 atom stereocenters. The maximum absolute atomic E-state index is 12.7. The first-order valence-corrected chi connectivity index (χ1v) is 10.0. The molecular weight excluding hydrogens is 332 g/mol. The molecule has 0 aliphatic carbocycles. The molecule has 0 saturated heterocycles. The fourth-order valence-corrected chi connectivity index (χ4v) is 3.40. The first-order chi connectivity index (χ1) is 12.9. The van der Waals surface area contributed by atoms with Gasteiger partial charge in [0.2, 0.25) is 5.91 Å². The molecule has 0 heterocycles. The minimum atomic E-state index is 0.0622. The molecule has 0 radical (unpaired) electrons. The summed E-state index contributed by atoms with van der Waals surface area (Å²) >= 11 is 0. The number of nitrogens with zero attached hydrogens (tertiary/aromatic N) is 1. The van der Waals surface area contributed by atoms with Gasteiger partial charge in [-0.15, -0.1) is 0 Å². The zero-order chi connectivity index (χ0) is 19.8. The summed E-state index contributed by atoms with van der Waals surface area (Å²) in [7, 11) is 2.02. The van der Waals surface area contributed by atoms with E-state index in [-0.39, 0.29) is 5.91 Å². The van der Waals surface area contributed by atoms with Crippen molar-refractivity contribution in [3.8, 4) is 0 Å². The van der Waals surface area contributed by atoms with Crippen LogP contribution in [-0.2, 0) is 11.2 Å². The SMILES string of the molecule is CC(C)c1cccc(C(C)C)c1NC(=O)CN(C)CCCc1ccccc1. The second-order valence-corrected chi connectivity index (χ2v) is 8.00. The van der Waals surface area contributed by atoms with Gasteiger partial charge in [0.15, 0.2) is 0 Å². The number of carbonyl (C=O) groups is 1. The van der Waals surface area contributed by atoms with Crippen molar-refractivity contribution in [3.05, 3.63) is 65.2 Å². The third-order valence-electron chi connectivity index (χ3n) is 4.90. The number of carbonyl (C=O) groups excluding carboxylic acids is 1. The zero-order valence-corrected chi connectivity index (χ0v) is 17.5. The van der Waals surface area contributed by atoms with Crippen LogP contribution in [0.25, 0.3) is 0 Å². The van der Waals surface area contributed by atoms with Gasteiger partial charge in [-0.1, -0.05) is 76.2 Å². The summed E-state index contributed by atoms with van der Waals surface area (Å²) in [6.45, 7) is 10.0. The van der Waals surface area contributed by atoms with Crippen molar-refractivity contribution in [3.63, 3.8) is 0 Å². The standard InChI is InChI=1S/C24H34N2O/c1-18(2)21-14-9-15-22(19(3)4)24(21)25-23(27)17-26(5)16-10-13-20-11-7-6-8-12-20/h6-9,11-12,14-15,18-19H,10,13,16-17H2,1-5H3,(H,25,27). The van der Waals surface area contributed by atoms with Gasteiger partial charge in [0, 0.05) is 5.69 Å². The highest BCUT2D eigenvalue weighted by molar-refractivity contribution is 5.94. The smallest absolute Gasteiger partial charge is 0.238 e. The van der Waals surface area contributed by atoms with Crippen LogP contribution in [0.2, 0.25) is 0 Å². The third kappa shape index (κ3) is 6.51. The molecule has 0 unspecified atom stereocenters. The summed E-state index contributed by atoms with van der Waals surface area (Å²) in [6.07, 6.45) is 2.09. The zero-order valence-electron chi connectivity index (χ0n) is 17.5. The second kappa shape index (κ2) is 10.3. The van der Waals surface area contributed by atoms with Crippen LogP contribution in [0, 0.1) is 0 Å². The third-order valence-corrected chi connectivity index (χ3v) is 4.90. The van der Waals surface area contributed by atoms with Gasteiger partial charge in [-0.05, 0) is 55.0 Å². The summed E-state index contributed by atoms with van der Waals surface area (Å²) < 4.78 is 0. The molecule has 1 N–H and O–H groups in total. The van der Waals surface area contributed by atoms with Crippen LogP contribution in [0.5, 0.6) is 0 Å². The number of likely N-dealkylation sites (N-methyl/N-ethyl adjacent to an activating group) is 1. The molecule has 0 aliphatic rings. The maximum Gasteiger partial charge on any atom is 0.238 e. The lowest BCUT2D eigenvalue weighted by Gasteiger charge is -2.22. The van der Waals surface area contributed by atoms with E-state index in [2.05, 4.69) is 80.4 Å². The fraction of sp³-hybridized carbons (Fsp3) is 0.458. The van der Waals surface area contributed by atoms with Crippen molar-refractivity contribution in [2.45, 2.75) is 52.4 Å². The van der Waals surface area contributed by atoms with E-state index in [9.17, 15) is 4.79 Å². The average molecular weight is 367 g/mol. The van der Waals surface area contributed by atoms with E-state index in [1.165, 1.54) is 16.7 Å². The number of anilines is 1. The van der Waals surface area contributed by atoms with E-state index in [0.717, 1.165) is 25.1 Å². The molecule has 3 nitrogen and oxygen atoms in total. The molecule has 2 aromatic rings. The van der Waals surface area contributed by atoms with Gasteiger partial charge in [-0.2, -0.15) is 0 Å².